The second kappa shape index (κ2) is 8.86. The minimum atomic E-state index is -3.55. The van der Waals surface area contributed by atoms with E-state index >= 15 is 0 Å². The molecule has 1 aromatic carbocycles. The summed E-state index contributed by atoms with van der Waals surface area (Å²) in [5.74, 6) is 0.210. The summed E-state index contributed by atoms with van der Waals surface area (Å²) in [6, 6.07) is 7.75. The van der Waals surface area contributed by atoms with Gasteiger partial charge in [-0.3, -0.25) is 4.79 Å². The molecule has 3 rings (SSSR count). The number of amides is 1. The number of sulfonamides is 1. The van der Waals surface area contributed by atoms with Crippen molar-refractivity contribution in [3.05, 3.63) is 36.0 Å². The summed E-state index contributed by atoms with van der Waals surface area (Å²) in [4.78, 5) is 20.6. The molecular formula is C17H21N5O4S2. The molecule has 3 N–H and O–H groups in total. The Kier molecular flexibility index (Phi) is 6.50. The molecule has 1 aliphatic heterocycles. The van der Waals surface area contributed by atoms with Gasteiger partial charge in [-0.2, -0.15) is 4.31 Å². The fourth-order valence-electron chi connectivity index (χ4n) is 2.60. The van der Waals surface area contributed by atoms with Gasteiger partial charge in [-0.15, -0.1) is 0 Å². The Balaban J connectivity index is 1.58. The van der Waals surface area contributed by atoms with E-state index in [4.69, 9.17) is 10.5 Å². The number of ether oxygens (including phenoxy) is 1. The molecule has 0 atom stereocenters. The number of hydrogen-bond donors (Lipinski definition) is 2. The van der Waals surface area contributed by atoms with E-state index in [-0.39, 0.29) is 16.6 Å². The number of benzene rings is 1. The van der Waals surface area contributed by atoms with Gasteiger partial charge in [-0.05, 0) is 31.2 Å². The lowest BCUT2D eigenvalue weighted by molar-refractivity contribution is -0.113. The first-order valence-corrected chi connectivity index (χ1v) is 11.0. The fourth-order valence-corrected chi connectivity index (χ4v) is 4.72. The van der Waals surface area contributed by atoms with Gasteiger partial charge < -0.3 is 15.8 Å². The van der Waals surface area contributed by atoms with Gasteiger partial charge in [0.1, 0.15) is 5.82 Å². The third-order valence-electron chi connectivity index (χ3n) is 3.93. The fraction of sp³-hybridized carbons (Fsp3) is 0.353. The van der Waals surface area contributed by atoms with Crippen LogP contribution in [-0.2, 0) is 19.6 Å². The smallest absolute Gasteiger partial charge is 0.243 e. The number of aromatic nitrogens is 2. The summed E-state index contributed by atoms with van der Waals surface area (Å²) in [5, 5.41) is 3.15. The highest BCUT2D eigenvalue weighted by Crippen LogP contribution is 2.20. The molecule has 1 aliphatic rings. The first-order valence-electron chi connectivity index (χ1n) is 8.56. The summed E-state index contributed by atoms with van der Waals surface area (Å²) in [6.45, 7) is 3.25. The van der Waals surface area contributed by atoms with Crippen LogP contribution in [0.5, 0.6) is 0 Å². The second-order valence-corrected chi connectivity index (χ2v) is 8.97. The molecule has 0 aliphatic carbocycles. The van der Waals surface area contributed by atoms with E-state index in [1.807, 2.05) is 0 Å². The van der Waals surface area contributed by atoms with Crippen molar-refractivity contribution in [1.82, 2.24) is 14.3 Å². The van der Waals surface area contributed by atoms with Crippen LogP contribution in [0.3, 0.4) is 0 Å². The highest BCUT2D eigenvalue weighted by molar-refractivity contribution is 7.99. The van der Waals surface area contributed by atoms with Gasteiger partial charge in [-0.25, -0.2) is 18.4 Å². The van der Waals surface area contributed by atoms with Crippen LogP contribution in [0, 0.1) is 6.92 Å². The van der Waals surface area contributed by atoms with E-state index in [1.165, 1.54) is 28.2 Å². The monoisotopic (exact) mass is 423 g/mol. The first-order chi connectivity index (χ1) is 13.3. The number of rotatable bonds is 6. The molecule has 1 saturated heterocycles. The predicted molar refractivity (Wildman–Crippen MR) is 107 cm³/mol. The Morgan fingerprint density at radius 2 is 1.93 bits per heavy atom. The third-order valence-corrected chi connectivity index (χ3v) is 6.69. The van der Waals surface area contributed by atoms with Gasteiger partial charge >= 0.3 is 0 Å². The normalized spacial score (nSPS) is 15.3. The van der Waals surface area contributed by atoms with Crippen LogP contribution in [0.2, 0.25) is 0 Å². The number of anilines is 2. The van der Waals surface area contributed by atoms with Crippen molar-refractivity contribution in [1.29, 1.82) is 0 Å². The van der Waals surface area contributed by atoms with Crippen molar-refractivity contribution in [2.24, 2.45) is 0 Å². The molecular weight excluding hydrogens is 402 g/mol. The molecule has 1 aromatic heterocycles. The topological polar surface area (TPSA) is 128 Å². The molecule has 150 valence electrons. The number of thioether (sulfide) groups is 1. The van der Waals surface area contributed by atoms with Gasteiger partial charge in [0.15, 0.2) is 5.16 Å². The molecule has 1 fully saturated rings. The van der Waals surface area contributed by atoms with Crippen LogP contribution in [0.25, 0.3) is 0 Å². The Hall–Kier alpha value is -2.21. The molecule has 9 nitrogen and oxygen atoms in total. The van der Waals surface area contributed by atoms with Crippen molar-refractivity contribution in [3.8, 4) is 0 Å². The van der Waals surface area contributed by atoms with E-state index in [2.05, 4.69) is 15.3 Å². The maximum Gasteiger partial charge on any atom is 0.243 e. The minimum absolute atomic E-state index is 0.108. The number of carbonyl (C=O) groups is 1. The zero-order valence-electron chi connectivity index (χ0n) is 15.3. The molecule has 11 heteroatoms. The number of nitrogens with one attached hydrogen (secondary N) is 1. The third kappa shape index (κ3) is 5.19. The molecule has 0 bridgehead atoms. The lowest BCUT2D eigenvalue weighted by Gasteiger charge is -2.26. The van der Waals surface area contributed by atoms with Gasteiger partial charge in [0, 0.05) is 30.5 Å². The van der Waals surface area contributed by atoms with Crippen molar-refractivity contribution in [2.45, 2.75) is 17.0 Å². The van der Waals surface area contributed by atoms with Gasteiger partial charge in [-0.1, -0.05) is 11.8 Å². The molecule has 0 unspecified atom stereocenters. The highest BCUT2D eigenvalue weighted by atomic mass is 32.2. The Labute approximate surface area is 167 Å². The van der Waals surface area contributed by atoms with E-state index in [9.17, 15) is 13.2 Å². The van der Waals surface area contributed by atoms with E-state index in [0.717, 1.165) is 5.69 Å². The molecule has 2 aromatic rings. The molecule has 0 spiro atoms. The molecule has 2 heterocycles. The van der Waals surface area contributed by atoms with Gasteiger partial charge in [0.25, 0.3) is 0 Å². The minimum Gasteiger partial charge on any atom is -0.384 e. The molecule has 0 saturated carbocycles. The predicted octanol–water partition coefficient (Wildman–Crippen LogP) is 1.12. The Bertz CT molecular complexity index is 924. The highest BCUT2D eigenvalue weighted by Gasteiger charge is 2.26. The zero-order chi connectivity index (χ0) is 20.1. The molecule has 0 radical (unpaired) electrons. The summed E-state index contributed by atoms with van der Waals surface area (Å²) < 4.78 is 31.8. The van der Waals surface area contributed by atoms with Crippen LogP contribution < -0.4 is 11.1 Å². The Morgan fingerprint density at radius 3 is 2.57 bits per heavy atom. The van der Waals surface area contributed by atoms with Crippen LogP contribution in [0.1, 0.15) is 5.69 Å². The second-order valence-electron chi connectivity index (χ2n) is 6.09. The van der Waals surface area contributed by atoms with Crippen molar-refractivity contribution < 1.29 is 17.9 Å². The van der Waals surface area contributed by atoms with Gasteiger partial charge in [0.2, 0.25) is 15.9 Å². The maximum absolute atomic E-state index is 12.6. The SMILES string of the molecule is Cc1cc(N)nc(SCC(=O)Nc2ccc(S(=O)(=O)N3CCOCC3)cc2)n1. The summed E-state index contributed by atoms with van der Waals surface area (Å²) >= 11 is 1.17. The van der Waals surface area contributed by atoms with Crippen molar-refractivity contribution in [2.75, 3.05) is 43.1 Å². The van der Waals surface area contributed by atoms with Crippen LogP contribution >= 0.6 is 11.8 Å². The van der Waals surface area contributed by atoms with E-state index in [1.54, 1.807) is 25.1 Å². The van der Waals surface area contributed by atoms with Crippen LogP contribution in [-0.4, -0.2) is 60.7 Å². The average Bonchev–Trinajstić information content (AvgIpc) is 2.67. The first kappa shape index (κ1) is 20.5. The van der Waals surface area contributed by atoms with E-state index < -0.39 is 10.0 Å². The molecule has 28 heavy (non-hydrogen) atoms. The number of morpholine rings is 1. The van der Waals surface area contributed by atoms with Crippen LogP contribution in [0.4, 0.5) is 11.5 Å². The number of nitrogens with two attached hydrogens (primary N) is 1. The van der Waals surface area contributed by atoms with Gasteiger partial charge in [0.05, 0.1) is 23.9 Å². The summed E-state index contributed by atoms with van der Waals surface area (Å²) in [5.41, 5.74) is 6.91. The summed E-state index contributed by atoms with van der Waals surface area (Å²) in [7, 11) is -3.55. The maximum atomic E-state index is 12.6. The zero-order valence-corrected chi connectivity index (χ0v) is 16.9. The molecule has 1 amide bonds. The van der Waals surface area contributed by atoms with Crippen molar-refractivity contribution >= 4 is 39.2 Å². The number of aryl methyl sites for hydroxylation is 1. The standard InChI is InChI=1S/C17H21N5O4S2/c1-12-10-15(18)21-17(19-12)27-11-16(23)20-13-2-4-14(5-3-13)28(24,25)22-6-8-26-9-7-22/h2-5,10H,6-9,11H2,1H3,(H,20,23)(H2,18,19,21). The number of hydrogen-bond acceptors (Lipinski definition) is 8. The lowest BCUT2D eigenvalue weighted by atomic mass is 10.3. The summed E-state index contributed by atoms with van der Waals surface area (Å²) in [6.07, 6.45) is 0. The Morgan fingerprint density at radius 1 is 1.25 bits per heavy atom. The lowest BCUT2D eigenvalue weighted by Crippen LogP contribution is -2.40. The average molecular weight is 424 g/mol. The number of nitrogen functional groups attached to an aromatic ring is 1. The van der Waals surface area contributed by atoms with Crippen molar-refractivity contribution in [3.63, 3.8) is 0 Å². The largest absolute Gasteiger partial charge is 0.384 e. The number of nitrogens with zero attached hydrogens (tertiary/aromatic N) is 3. The quantitative estimate of drug-likeness (QED) is 0.523. The van der Waals surface area contributed by atoms with Crippen LogP contribution in [0.15, 0.2) is 40.4 Å². The number of carbonyl (C=O) groups excluding carboxylic acids is 1. The van der Waals surface area contributed by atoms with E-state index in [0.29, 0.717) is 43.0 Å².